The van der Waals surface area contributed by atoms with Gasteiger partial charge in [-0.15, -0.1) is 0 Å². The van der Waals surface area contributed by atoms with E-state index in [1.54, 1.807) is 19.9 Å². The fraction of sp³-hybridized carbons (Fsp3) is 0.412. The fourth-order valence-electron chi connectivity index (χ4n) is 2.65. The Morgan fingerprint density at radius 3 is 2.75 bits per heavy atom. The van der Waals surface area contributed by atoms with E-state index in [9.17, 15) is 14.9 Å². The minimum atomic E-state index is -0.792. The Labute approximate surface area is 141 Å². The van der Waals surface area contributed by atoms with E-state index in [0.29, 0.717) is 11.3 Å². The summed E-state index contributed by atoms with van der Waals surface area (Å²) < 4.78 is 4.99. The van der Waals surface area contributed by atoms with Crippen molar-refractivity contribution in [2.75, 3.05) is 25.6 Å². The van der Waals surface area contributed by atoms with Crippen LogP contribution in [0.2, 0.25) is 0 Å². The number of hydrogen-bond acceptors (Lipinski definition) is 5. The highest BCUT2D eigenvalue weighted by molar-refractivity contribution is 6.04. The second-order valence-electron chi connectivity index (χ2n) is 5.65. The first-order valence-corrected chi connectivity index (χ1v) is 7.62. The van der Waals surface area contributed by atoms with Gasteiger partial charge in [0, 0.05) is 25.5 Å². The highest BCUT2D eigenvalue weighted by atomic mass is 16.6. The van der Waals surface area contributed by atoms with E-state index in [1.165, 1.54) is 0 Å². The third-order valence-corrected chi connectivity index (χ3v) is 3.85. The van der Waals surface area contributed by atoms with Gasteiger partial charge >= 0.3 is 12.1 Å². The number of imide groups is 1. The minimum Gasteiger partial charge on any atom is -0.449 e. The molecule has 1 aliphatic heterocycles. The van der Waals surface area contributed by atoms with Gasteiger partial charge in [-0.3, -0.25) is 0 Å². The first kappa shape index (κ1) is 17.5. The summed E-state index contributed by atoms with van der Waals surface area (Å²) in [6, 6.07) is 8.06. The van der Waals surface area contributed by atoms with Crippen LogP contribution in [0.4, 0.5) is 15.3 Å². The highest BCUT2D eigenvalue weighted by Crippen LogP contribution is 2.35. The molecule has 0 saturated heterocycles. The van der Waals surface area contributed by atoms with E-state index in [-0.39, 0.29) is 6.61 Å². The molecule has 7 heteroatoms. The lowest BCUT2D eigenvalue weighted by molar-refractivity contribution is 0.0982. The normalized spacial score (nSPS) is 20.2. The van der Waals surface area contributed by atoms with Gasteiger partial charge < -0.3 is 9.64 Å². The number of nitriles is 1. The van der Waals surface area contributed by atoms with Gasteiger partial charge in [-0.25, -0.2) is 19.5 Å². The summed E-state index contributed by atoms with van der Waals surface area (Å²) >= 11 is 0. The predicted molar refractivity (Wildman–Crippen MR) is 90.0 cm³/mol. The van der Waals surface area contributed by atoms with E-state index < -0.39 is 24.1 Å². The molecule has 126 valence electrons. The van der Waals surface area contributed by atoms with Gasteiger partial charge in [0.25, 0.3) is 0 Å². The zero-order valence-electron chi connectivity index (χ0n) is 14.2. The van der Waals surface area contributed by atoms with E-state index in [4.69, 9.17) is 4.74 Å². The monoisotopic (exact) mass is 328 g/mol. The van der Waals surface area contributed by atoms with Crippen molar-refractivity contribution in [3.8, 4) is 6.07 Å². The van der Waals surface area contributed by atoms with E-state index in [0.717, 1.165) is 10.6 Å². The van der Waals surface area contributed by atoms with Crippen molar-refractivity contribution in [1.82, 2.24) is 4.90 Å². The molecule has 2 atom stereocenters. The number of carbonyl (C=O) groups is 2. The molecule has 1 heterocycles. The Bertz CT molecular complexity index is 721. The van der Waals surface area contributed by atoms with Gasteiger partial charge in [-0.2, -0.15) is 5.26 Å². The Balaban J connectivity index is 2.57. The molecule has 0 spiro atoms. The van der Waals surface area contributed by atoms with Crippen LogP contribution in [0.15, 0.2) is 29.3 Å². The second kappa shape index (κ2) is 7.13. The molecule has 0 aromatic heterocycles. The summed E-state index contributed by atoms with van der Waals surface area (Å²) in [5.41, 5.74) is 1.98. The van der Waals surface area contributed by atoms with Crippen LogP contribution in [-0.4, -0.2) is 43.4 Å². The molecule has 24 heavy (non-hydrogen) atoms. The molecule has 2 unspecified atom stereocenters. The van der Waals surface area contributed by atoms with Gasteiger partial charge in [-0.1, -0.05) is 12.1 Å². The minimum absolute atomic E-state index is 0.132. The summed E-state index contributed by atoms with van der Waals surface area (Å²) in [6.07, 6.45) is -0.792. The number of nitrogens with zero attached hydrogens (tertiary/aromatic N) is 4. The Kier molecular flexibility index (Phi) is 5.19. The average molecular weight is 328 g/mol. The number of rotatable bonds is 3. The molecule has 1 aliphatic rings. The van der Waals surface area contributed by atoms with Crippen molar-refractivity contribution < 1.29 is 14.3 Å². The van der Waals surface area contributed by atoms with Crippen LogP contribution >= 0.6 is 0 Å². The number of hydrogen-bond donors (Lipinski definition) is 0. The van der Waals surface area contributed by atoms with E-state index >= 15 is 0 Å². The molecule has 0 N–H and O–H groups in total. The molecule has 7 nitrogen and oxygen atoms in total. The van der Waals surface area contributed by atoms with Crippen LogP contribution in [0.5, 0.6) is 0 Å². The van der Waals surface area contributed by atoms with E-state index in [2.05, 4.69) is 11.1 Å². The maximum Gasteiger partial charge on any atom is 0.418 e. The molecule has 1 aromatic carbocycles. The lowest BCUT2D eigenvalue weighted by Gasteiger charge is -2.34. The largest absolute Gasteiger partial charge is 0.449 e. The van der Waals surface area contributed by atoms with Crippen molar-refractivity contribution in [3.63, 3.8) is 0 Å². The molecule has 3 amide bonds. The zero-order valence-corrected chi connectivity index (χ0v) is 14.2. The molecule has 0 fully saturated rings. The molecule has 1 aromatic rings. The SMILES string of the molecule is CCOC(=O)N1C(=O)N=C(C)C(C#N)C1c1cccc(N(C)C)c1. The first-order valence-electron chi connectivity index (χ1n) is 7.62. The number of urea groups is 1. The van der Waals surface area contributed by atoms with Gasteiger partial charge in [0.2, 0.25) is 0 Å². The van der Waals surface area contributed by atoms with Gasteiger partial charge in [0.1, 0.15) is 5.92 Å². The number of aliphatic imine (C=N–C) groups is 1. The Morgan fingerprint density at radius 1 is 1.46 bits per heavy atom. The van der Waals surface area contributed by atoms with Crippen molar-refractivity contribution in [1.29, 1.82) is 5.26 Å². The van der Waals surface area contributed by atoms with Crippen molar-refractivity contribution in [2.24, 2.45) is 10.9 Å². The molecule has 2 rings (SSSR count). The summed E-state index contributed by atoms with van der Waals surface area (Å²) in [5, 5.41) is 9.56. The van der Waals surface area contributed by atoms with Gasteiger partial charge in [-0.05, 0) is 31.5 Å². The zero-order chi connectivity index (χ0) is 17.9. The average Bonchev–Trinajstić information content (AvgIpc) is 2.54. The topological polar surface area (TPSA) is 86.0 Å². The summed E-state index contributed by atoms with van der Waals surface area (Å²) in [7, 11) is 3.78. The number of anilines is 1. The molecular formula is C17H20N4O3. The Hall–Kier alpha value is -2.88. The van der Waals surface area contributed by atoms with Crippen LogP contribution in [-0.2, 0) is 4.74 Å². The maximum absolute atomic E-state index is 12.3. The smallest absolute Gasteiger partial charge is 0.418 e. The van der Waals surface area contributed by atoms with Crippen LogP contribution in [0.3, 0.4) is 0 Å². The number of ether oxygens (including phenoxy) is 1. The van der Waals surface area contributed by atoms with Crippen molar-refractivity contribution in [2.45, 2.75) is 19.9 Å². The standard InChI is InChI=1S/C17H20N4O3/c1-5-24-17(23)21-15(14(10-18)11(2)19-16(21)22)12-7-6-8-13(9-12)20(3)4/h6-9,14-15H,5H2,1-4H3. The number of amides is 3. The van der Waals surface area contributed by atoms with Crippen molar-refractivity contribution >= 4 is 23.5 Å². The quantitative estimate of drug-likeness (QED) is 0.851. The molecule has 0 aliphatic carbocycles. The first-order chi connectivity index (χ1) is 11.4. The maximum atomic E-state index is 12.3. The summed E-state index contributed by atoms with van der Waals surface area (Å²) in [4.78, 5) is 31.2. The lowest BCUT2D eigenvalue weighted by atomic mass is 9.88. The fourth-order valence-corrected chi connectivity index (χ4v) is 2.65. The highest BCUT2D eigenvalue weighted by Gasteiger charge is 2.42. The summed E-state index contributed by atoms with van der Waals surface area (Å²) in [6.45, 7) is 3.41. The lowest BCUT2D eigenvalue weighted by Crippen LogP contribution is -2.46. The molecular weight excluding hydrogens is 308 g/mol. The number of carbonyl (C=O) groups excluding carboxylic acids is 2. The Morgan fingerprint density at radius 2 is 2.17 bits per heavy atom. The molecule has 0 radical (unpaired) electrons. The third-order valence-electron chi connectivity index (χ3n) is 3.85. The van der Waals surface area contributed by atoms with Crippen molar-refractivity contribution in [3.05, 3.63) is 29.8 Å². The van der Waals surface area contributed by atoms with Crippen LogP contribution in [0.25, 0.3) is 0 Å². The van der Waals surface area contributed by atoms with E-state index in [1.807, 2.05) is 37.2 Å². The predicted octanol–water partition coefficient (Wildman–Crippen LogP) is 2.99. The second-order valence-corrected chi connectivity index (χ2v) is 5.65. The van der Waals surface area contributed by atoms with Gasteiger partial charge in [0.05, 0.1) is 18.7 Å². The molecule has 0 saturated carbocycles. The van der Waals surface area contributed by atoms with Crippen LogP contribution in [0, 0.1) is 17.2 Å². The summed E-state index contributed by atoms with van der Waals surface area (Å²) in [5.74, 6) is -0.718. The van der Waals surface area contributed by atoms with Crippen LogP contribution < -0.4 is 4.90 Å². The third kappa shape index (κ3) is 3.23. The number of benzene rings is 1. The van der Waals surface area contributed by atoms with Gasteiger partial charge in [0.15, 0.2) is 0 Å². The molecule has 0 bridgehead atoms. The van der Waals surface area contributed by atoms with Crippen LogP contribution in [0.1, 0.15) is 25.5 Å².